The van der Waals surface area contributed by atoms with Crippen molar-refractivity contribution < 1.29 is 28.8 Å². The van der Waals surface area contributed by atoms with E-state index in [0.29, 0.717) is 12.2 Å². The number of halogens is 2. The van der Waals surface area contributed by atoms with Gasteiger partial charge < -0.3 is 15.0 Å². The average molecular weight is 340 g/mol. The van der Waals surface area contributed by atoms with Crippen LogP contribution in [0.1, 0.15) is 0 Å². The van der Waals surface area contributed by atoms with Crippen LogP contribution in [-0.2, 0) is 9.59 Å². The van der Waals surface area contributed by atoms with Crippen LogP contribution in [-0.4, -0.2) is 83.7 Å². The van der Waals surface area contributed by atoms with Crippen molar-refractivity contribution in [2.24, 2.45) is 0 Å². The Morgan fingerprint density at radius 1 is 1.00 bits per heavy atom. The quantitative estimate of drug-likeness (QED) is 0.400. The molecule has 0 unspecified atom stereocenters. The van der Waals surface area contributed by atoms with Gasteiger partial charge in [-0.2, -0.15) is 0 Å². The number of fused-ring (bicyclic) bond motifs is 2. The number of quaternary nitrogens is 2. The van der Waals surface area contributed by atoms with E-state index in [1.165, 1.54) is 41.8 Å². The normalized spacial score (nSPS) is 30.2. The number of rotatable bonds is 6. The monoisotopic (exact) mass is 339 g/mol. The minimum atomic E-state index is -1.51. The highest BCUT2D eigenvalue weighted by Crippen LogP contribution is 2.31. The molecular weight excluding hydrogens is 319 g/mol. The number of carboxylic acids is 2. The predicted molar refractivity (Wildman–Crippen MR) is 77.8 cm³/mol. The van der Waals surface area contributed by atoms with Crippen LogP contribution >= 0.6 is 23.2 Å². The van der Waals surface area contributed by atoms with Crippen molar-refractivity contribution in [1.29, 1.82) is 0 Å². The maximum Gasteiger partial charge on any atom is 0.328 e. The van der Waals surface area contributed by atoms with Crippen LogP contribution in [0.3, 0.4) is 0 Å². The number of piperazine rings is 1. The zero-order valence-corrected chi connectivity index (χ0v) is 13.4. The van der Waals surface area contributed by atoms with E-state index in [0.717, 1.165) is 24.8 Å². The molecule has 2 fully saturated rings. The second-order valence-electron chi connectivity index (χ2n) is 5.53. The third-order valence-corrected chi connectivity index (χ3v) is 4.52. The van der Waals surface area contributed by atoms with Gasteiger partial charge in [0, 0.05) is 6.08 Å². The molecule has 0 aliphatic carbocycles. The Labute approximate surface area is 134 Å². The Balaban J connectivity index is 0.000000240. The summed E-state index contributed by atoms with van der Waals surface area (Å²) in [6.07, 6.45) is 0.942. The van der Waals surface area contributed by atoms with Crippen LogP contribution in [0.25, 0.3) is 0 Å². The Morgan fingerprint density at radius 2 is 1.43 bits per heavy atom. The fraction of sp³-hybridized carbons (Fsp3) is 0.692. The zero-order valence-electron chi connectivity index (χ0n) is 11.8. The molecule has 2 rings (SSSR count). The van der Waals surface area contributed by atoms with Gasteiger partial charge in [-0.25, -0.2) is 4.79 Å². The van der Waals surface area contributed by atoms with Crippen molar-refractivity contribution in [3.63, 3.8) is 0 Å². The number of alkyl halides is 2. The van der Waals surface area contributed by atoms with Crippen molar-refractivity contribution in [1.82, 2.24) is 0 Å². The molecule has 6 nitrogen and oxygen atoms in total. The molecular formula is C13H21Cl2N2O4+. The van der Waals surface area contributed by atoms with Gasteiger partial charge in [0.15, 0.2) is 0 Å². The molecule has 0 aromatic rings. The average Bonchev–Trinajstić information content (AvgIpc) is 2.93. The van der Waals surface area contributed by atoms with Crippen molar-refractivity contribution in [2.45, 2.75) is 0 Å². The van der Waals surface area contributed by atoms with Gasteiger partial charge in [0.2, 0.25) is 6.67 Å². The van der Waals surface area contributed by atoms with Gasteiger partial charge in [0.05, 0.1) is 30.8 Å². The van der Waals surface area contributed by atoms with E-state index in [9.17, 15) is 14.7 Å². The van der Waals surface area contributed by atoms with Crippen molar-refractivity contribution in [3.05, 3.63) is 12.2 Å². The molecule has 0 aromatic heterocycles. The van der Waals surface area contributed by atoms with Gasteiger partial charge in [0.25, 0.3) is 0 Å². The lowest BCUT2D eigenvalue weighted by atomic mass is 10.3. The van der Waals surface area contributed by atoms with E-state index < -0.39 is 11.9 Å². The molecule has 1 N–H and O–H groups in total. The molecule has 8 heteroatoms. The van der Waals surface area contributed by atoms with E-state index >= 15 is 0 Å². The topological polar surface area (TPSA) is 77.4 Å². The third-order valence-electron chi connectivity index (χ3n) is 4.18. The molecule has 2 aliphatic heterocycles. The molecule has 2 heterocycles. The number of carbonyl (C=O) groups is 2. The number of carboxylic acid groups (broad SMARTS) is 2. The molecule has 0 amide bonds. The van der Waals surface area contributed by atoms with Crippen molar-refractivity contribution in [2.75, 3.05) is 57.7 Å². The number of hydrogen-bond donors (Lipinski definition) is 1. The summed E-state index contributed by atoms with van der Waals surface area (Å²) in [5.41, 5.74) is 0. The maximum absolute atomic E-state index is 9.53. The van der Waals surface area contributed by atoms with Crippen molar-refractivity contribution >= 4 is 35.1 Å². The highest BCUT2D eigenvalue weighted by molar-refractivity contribution is 6.18. The van der Waals surface area contributed by atoms with E-state index in [1.54, 1.807) is 0 Å². The Morgan fingerprint density at radius 3 is 1.67 bits per heavy atom. The van der Waals surface area contributed by atoms with Gasteiger partial charge in [-0.15, -0.1) is 23.2 Å². The molecule has 2 saturated heterocycles. The SMILES string of the molecule is ClCC[N+]12CC[N+](CCCl)(CC1)C2.O=C([O-])/C=C\C(=O)O. The lowest BCUT2D eigenvalue weighted by molar-refractivity contribution is -0.985. The number of carbonyl (C=O) groups excluding carboxylic acids is 1. The Hall–Kier alpha value is -0.820. The van der Waals surface area contributed by atoms with Crippen molar-refractivity contribution in [3.8, 4) is 0 Å². The van der Waals surface area contributed by atoms with Gasteiger partial charge in [-0.05, 0) is 6.08 Å². The largest absolute Gasteiger partial charge is 0.545 e. The minimum Gasteiger partial charge on any atom is -0.545 e. The first-order chi connectivity index (χ1) is 9.87. The van der Waals surface area contributed by atoms with Gasteiger partial charge in [-0.3, -0.25) is 8.97 Å². The third kappa shape index (κ3) is 5.47. The summed E-state index contributed by atoms with van der Waals surface area (Å²) >= 11 is 11.7. The van der Waals surface area contributed by atoms with E-state index in [1.807, 2.05) is 0 Å². The van der Waals surface area contributed by atoms with Gasteiger partial charge in [0.1, 0.15) is 26.2 Å². The van der Waals surface area contributed by atoms with Gasteiger partial charge >= 0.3 is 5.97 Å². The Bertz CT molecular complexity index is 371. The first-order valence-corrected chi connectivity index (χ1v) is 7.88. The highest BCUT2D eigenvalue weighted by atomic mass is 35.5. The van der Waals surface area contributed by atoms with E-state index in [2.05, 4.69) is 0 Å². The van der Waals surface area contributed by atoms with Crippen LogP contribution in [0.15, 0.2) is 12.2 Å². The maximum atomic E-state index is 9.53. The van der Waals surface area contributed by atoms with E-state index in [-0.39, 0.29) is 0 Å². The first-order valence-electron chi connectivity index (χ1n) is 6.81. The molecule has 120 valence electrons. The summed E-state index contributed by atoms with van der Waals surface area (Å²) in [5.74, 6) is -1.19. The standard InChI is InChI=1S/C9H18Cl2N2.C4H4O4/c10-1-3-12-5-7-13(9-12,4-2-11)8-6-12;5-3(6)1-2-4(7)8/h1-9H2;1-2H,(H,5,6)(H,7,8)/q+2;/p-1/b;2-1-. The summed E-state index contributed by atoms with van der Waals surface area (Å²) in [4.78, 5) is 19.0. The van der Waals surface area contributed by atoms with Crippen LogP contribution in [0.4, 0.5) is 0 Å². The molecule has 0 atom stereocenters. The molecule has 21 heavy (non-hydrogen) atoms. The molecule has 2 bridgehead atoms. The lowest BCUT2D eigenvalue weighted by Crippen LogP contribution is -2.48. The summed E-state index contributed by atoms with van der Waals surface area (Å²) in [7, 11) is 0. The lowest BCUT2D eigenvalue weighted by Gasteiger charge is -2.26. The fourth-order valence-corrected chi connectivity index (χ4v) is 3.80. The summed E-state index contributed by atoms with van der Waals surface area (Å²) in [5, 5.41) is 17.2. The number of hydrogen-bond acceptors (Lipinski definition) is 3. The predicted octanol–water partition coefficient (Wildman–Crippen LogP) is -0.541. The summed E-state index contributed by atoms with van der Waals surface area (Å²) < 4.78 is 2.53. The highest BCUT2D eigenvalue weighted by Gasteiger charge is 2.54. The molecule has 0 spiro atoms. The second-order valence-corrected chi connectivity index (χ2v) is 6.29. The second kappa shape index (κ2) is 7.98. The van der Waals surface area contributed by atoms with E-state index in [4.69, 9.17) is 28.3 Å². The fourth-order valence-electron chi connectivity index (χ4n) is 3.08. The molecule has 0 aromatic carbocycles. The van der Waals surface area contributed by atoms with Crippen LogP contribution in [0, 0.1) is 0 Å². The zero-order chi connectivity index (χ0) is 15.9. The number of aliphatic carboxylic acids is 2. The van der Waals surface area contributed by atoms with Crippen LogP contribution < -0.4 is 5.11 Å². The minimum absolute atomic E-state index is 0.447. The van der Waals surface area contributed by atoms with Crippen LogP contribution in [0.5, 0.6) is 0 Å². The molecule has 0 saturated carbocycles. The first kappa shape index (κ1) is 18.2. The van der Waals surface area contributed by atoms with Crippen LogP contribution in [0.2, 0.25) is 0 Å². The van der Waals surface area contributed by atoms with Gasteiger partial charge in [-0.1, -0.05) is 0 Å². The molecule has 2 aliphatic rings. The Kier molecular flexibility index (Phi) is 6.93. The number of nitrogens with zero attached hydrogens (tertiary/aromatic N) is 2. The molecule has 0 radical (unpaired) electrons. The summed E-state index contributed by atoms with van der Waals surface area (Å²) in [6.45, 7) is 8.90. The summed E-state index contributed by atoms with van der Waals surface area (Å²) in [6, 6.07) is 0. The smallest absolute Gasteiger partial charge is 0.328 e.